The fraction of sp³-hybridized carbons (Fsp3) is 0.111. The molecule has 0 unspecified atom stereocenters. The standard InChI is InChI=1S/C18H14N4O2S2/c1-20-16-15(13-6-3-7-25-13)21-18(22-17(16)19)26-10-12-5-2-4-11(8-12)9-14(23)24/h2-8H,9-10H2,(H,23,24)(H2,19,21,22). The summed E-state index contributed by atoms with van der Waals surface area (Å²) in [5, 5.41) is 11.3. The molecule has 3 rings (SSSR count). The van der Waals surface area contributed by atoms with Gasteiger partial charge in [0.2, 0.25) is 0 Å². The van der Waals surface area contributed by atoms with Crippen molar-refractivity contribution in [1.29, 1.82) is 0 Å². The van der Waals surface area contributed by atoms with E-state index < -0.39 is 5.97 Å². The summed E-state index contributed by atoms with van der Waals surface area (Å²) >= 11 is 2.89. The number of carboxylic acids is 1. The lowest BCUT2D eigenvalue weighted by Crippen LogP contribution is -2.00. The highest BCUT2D eigenvalue weighted by Crippen LogP contribution is 2.37. The van der Waals surface area contributed by atoms with Crippen molar-refractivity contribution in [3.05, 3.63) is 64.3 Å². The van der Waals surface area contributed by atoms with Gasteiger partial charge in [-0.15, -0.1) is 11.3 Å². The second-order valence-electron chi connectivity index (χ2n) is 5.36. The summed E-state index contributed by atoms with van der Waals surface area (Å²) in [6, 6.07) is 11.2. The molecule has 130 valence electrons. The number of thioether (sulfide) groups is 1. The van der Waals surface area contributed by atoms with E-state index in [-0.39, 0.29) is 17.9 Å². The van der Waals surface area contributed by atoms with Crippen LogP contribution in [0.3, 0.4) is 0 Å². The molecule has 8 heteroatoms. The minimum atomic E-state index is -0.860. The largest absolute Gasteiger partial charge is 0.481 e. The number of carbonyl (C=O) groups is 1. The van der Waals surface area contributed by atoms with Gasteiger partial charge in [0, 0.05) is 10.6 Å². The number of nitrogens with two attached hydrogens (primary N) is 1. The van der Waals surface area contributed by atoms with Gasteiger partial charge in [0.05, 0.1) is 18.7 Å². The summed E-state index contributed by atoms with van der Waals surface area (Å²) in [6.45, 7) is 7.33. The molecule has 0 saturated carbocycles. The molecule has 0 saturated heterocycles. The molecule has 0 fully saturated rings. The van der Waals surface area contributed by atoms with Crippen molar-refractivity contribution in [2.75, 3.05) is 5.73 Å². The lowest BCUT2D eigenvalue weighted by Gasteiger charge is -2.08. The number of anilines is 1. The first kappa shape index (κ1) is 17.9. The molecule has 1 aromatic carbocycles. The maximum atomic E-state index is 10.8. The predicted molar refractivity (Wildman–Crippen MR) is 103 cm³/mol. The van der Waals surface area contributed by atoms with Crippen molar-refractivity contribution >= 4 is 40.6 Å². The topological polar surface area (TPSA) is 93.5 Å². The Morgan fingerprint density at radius 1 is 1.27 bits per heavy atom. The summed E-state index contributed by atoms with van der Waals surface area (Å²) in [5.74, 6) is -0.115. The Balaban J connectivity index is 1.83. The summed E-state index contributed by atoms with van der Waals surface area (Å²) in [6.07, 6.45) is -0.00974. The van der Waals surface area contributed by atoms with Gasteiger partial charge in [0.15, 0.2) is 5.16 Å². The average molecular weight is 382 g/mol. The van der Waals surface area contributed by atoms with Gasteiger partial charge in [-0.2, -0.15) is 0 Å². The van der Waals surface area contributed by atoms with Gasteiger partial charge < -0.3 is 10.8 Å². The van der Waals surface area contributed by atoms with Gasteiger partial charge >= 0.3 is 5.97 Å². The Kier molecular flexibility index (Phi) is 5.51. The van der Waals surface area contributed by atoms with Gasteiger partial charge in [-0.1, -0.05) is 42.1 Å². The number of benzene rings is 1. The monoisotopic (exact) mass is 382 g/mol. The van der Waals surface area contributed by atoms with Gasteiger partial charge in [0.25, 0.3) is 5.69 Å². The average Bonchev–Trinajstić information content (AvgIpc) is 3.14. The van der Waals surface area contributed by atoms with E-state index in [1.54, 1.807) is 6.07 Å². The normalized spacial score (nSPS) is 10.4. The molecule has 0 radical (unpaired) electrons. The minimum Gasteiger partial charge on any atom is -0.481 e. The van der Waals surface area contributed by atoms with Crippen LogP contribution >= 0.6 is 23.1 Å². The van der Waals surface area contributed by atoms with E-state index in [4.69, 9.17) is 17.4 Å². The van der Waals surface area contributed by atoms with E-state index >= 15 is 0 Å². The minimum absolute atomic E-state index is 0.00974. The molecule has 0 aliphatic rings. The second-order valence-corrected chi connectivity index (χ2v) is 7.25. The van der Waals surface area contributed by atoms with Crippen LogP contribution in [0.25, 0.3) is 15.4 Å². The van der Waals surface area contributed by atoms with E-state index in [1.165, 1.54) is 23.1 Å². The Labute approximate surface area is 158 Å². The Morgan fingerprint density at radius 3 is 2.77 bits per heavy atom. The highest BCUT2D eigenvalue weighted by Gasteiger charge is 2.15. The molecule has 0 aliphatic carbocycles. The molecule has 0 spiro atoms. The number of aliphatic carboxylic acids is 1. The van der Waals surface area contributed by atoms with Gasteiger partial charge in [0.1, 0.15) is 5.82 Å². The van der Waals surface area contributed by atoms with E-state index in [1.807, 2.05) is 35.7 Å². The van der Waals surface area contributed by atoms with E-state index in [0.717, 1.165) is 16.0 Å². The highest BCUT2D eigenvalue weighted by molar-refractivity contribution is 7.98. The number of nitrogen functional groups attached to an aromatic ring is 1. The van der Waals surface area contributed by atoms with Crippen molar-refractivity contribution in [2.45, 2.75) is 17.3 Å². The number of aromatic nitrogens is 2. The third kappa shape index (κ3) is 4.20. The third-order valence-electron chi connectivity index (χ3n) is 3.47. The van der Waals surface area contributed by atoms with Crippen LogP contribution in [0.4, 0.5) is 11.5 Å². The molecule has 0 aliphatic heterocycles. The molecule has 3 N–H and O–H groups in total. The van der Waals surface area contributed by atoms with Crippen molar-refractivity contribution in [3.8, 4) is 10.6 Å². The van der Waals surface area contributed by atoms with E-state index in [0.29, 0.717) is 16.6 Å². The zero-order valence-electron chi connectivity index (χ0n) is 13.5. The van der Waals surface area contributed by atoms with Gasteiger partial charge in [-0.3, -0.25) is 4.79 Å². The van der Waals surface area contributed by atoms with Crippen molar-refractivity contribution in [1.82, 2.24) is 9.97 Å². The Hall–Kier alpha value is -2.89. The van der Waals surface area contributed by atoms with Crippen molar-refractivity contribution in [2.24, 2.45) is 0 Å². The first-order valence-corrected chi connectivity index (χ1v) is 9.44. The first-order chi connectivity index (χ1) is 12.6. The Bertz CT molecular complexity index is 981. The SMILES string of the molecule is [C-]#[N+]c1c(N)nc(SCc2cccc(CC(=O)O)c2)nc1-c1cccs1. The Morgan fingerprint density at radius 2 is 2.08 bits per heavy atom. The number of thiophene rings is 1. The molecule has 0 bridgehead atoms. The predicted octanol–water partition coefficient (Wildman–Crippen LogP) is 4.26. The maximum absolute atomic E-state index is 10.8. The number of hydrogen-bond donors (Lipinski definition) is 2. The van der Waals surface area contributed by atoms with Crippen LogP contribution in [0.2, 0.25) is 0 Å². The molecular formula is C18H14N4O2S2. The quantitative estimate of drug-likeness (QED) is 0.376. The van der Waals surface area contributed by atoms with Crippen LogP contribution in [-0.4, -0.2) is 21.0 Å². The molecular weight excluding hydrogens is 368 g/mol. The molecule has 26 heavy (non-hydrogen) atoms. The van der Waals surface area contributed by atoms with E-state index in [2.05, 4.69) is 14.8 Å². The summed E-state index contributed by atoms with van der Waals surface area (Å²) in [7, 11) is 0. The zero-order valence-corrected chi connectivity index (χ0v) is 15.2. The van der Waals surface area contributed by atoms with Crippen LogP contribution < -0.4 is 5.73 Å². The number of nitrogens with zero attached hydrogens (tertiary/aromatic N) is 3. The summed E-state index contributed by atoms with van der Waals surface area (Å²) in [4.78, 5) is 23.9. The van der Waals surface area contributed by atoms with Gasteiger partial charge in [-0.25, -0.2) is 14.8 Å². The van der Waals surface area contributed by atoms with Crippen molar-refractivity contribution < 1.29 is 9.90 Å². The summed E-state index contributed by atoms with van der Waals surface area (Å²) < 4.78 is 0. The molecule has 2 heterocycles. The first-order valence-electron chi connectivity index (χ1n) is 7.58. The van der Waals surface area contributed by atoms with Gasteiger partial charge in [-0.05, 0) is 22.6 Å². The van der Waals surface area contributed by atoms with Crippen LogP contribution in [0.5, 0.6) is 0 Å². The fourth-order valence-corrected chi connectivity index (χ4v) is 3.87. The summed E-state index contributed by atoms with van der Waals surface area (Å²) in [5.41, 5.74) is 8.48. The highest BCUT2D eigenvalue weighted by atomic mass is 32.2. The van der Waals surface area contributed by atoms with Crippen LogP contribution in [0.15, 0.2) is 46.9 Å². The van der Waals surface area contributed by atoms with Crippen molar-refractivity contribution in [3.63, 3.8) is 0 Å². The third-order valence-corrected chi connectivity index (χ3v) is 5.27. The second kappa shape index (κ2) is 7.99. The fourth-order valence-electron chi connectivity index (χ4n) is 2.36. The smallest absolute Gasteiger partial charge is 0.307 e. The van der Waals surface area contributed by atoms with E-state index in [9.17, 15) is 4.79 Å². The van der Waals surface area contributed by atoms with Crippen LogP contribution in [0.1, 0.15) is 11.1 Å². The lowest BCUT2D eigenvalue weighted by molar-refractivity contribution is -0.136. The lowest BCUT2D eigenvalue weighted by atomic mass is 10.1. The molecule has 6 nitrogen and oxygen atoms in total. The zero-order chi connectivity index (χ0) is 18.5. The number of hydrogen-bond acceptors (Lipinski definition) is 6. The number of rotatable bonds is 6. The molecule has 3 aromatic rings. The maximum Gasteiger partial charge on any atom is 0.307 e. The van der Waals surface area contributed by atoms with Crippen LogP contribution in [-0.2, 0) is 17.0 Å². The molecule has 2 aromatic heterocycles. The molecule has 0 amide bonds. The number of carboxylic acid groups (broad SMARTS) is 1. The molecule has 0 atom stereocenters. The van der Waals surface area contributed by atoms with Crippen LogP contribution in [0, 0.1) is 6.57 Å².